The number of aromatic nitrogens is 1. The molecule has 1 aromatic heterocycles. The summed E-state index contributed by atoms with van der Waals surface area (Å²) in [5, 5.41) is 12.4. The first-order valence-electron chi connectivity index (χ1n) is 8.71. The van der Waals surface area contributed by atoms with Crippen molar-refractivity contribution in [2.24, 2.45) is 0 Å². The topological polar surface area (TPSA) is 72.6 Å². The van der Waals surface area contributed by atoms with Crippen LogP contribution in [0.1, 0.15) is 23.3 Å². The lowest BCUT2D eigenvalue weighted by molar-refractivity contribution is -0.156. The van der Waals surface area contributed by atoms with Crippen molar-refractivity contribution in [3.05, 3.63) is 69.9 Å². The number of alkyl halides is 3. The first kappa shape index (κ1) is 22.5. The molecule has 31 heavy (non-hydrogen) atoms. The molecule has 3 aromatic rings. The van der Waals surface area contributed by atoms with Crippen LogP contribution >= 0.6 is 11.6 Å². The Morgan fingerprint density at radius 2 is 1.77 bits per heavy atom. The van der Waals surface area contributed by atoms with E-state index in [2.05, 4.69) is 9.68 Å². The molecular formula is C20H13ClF5NO4. The van der Waals surface area contributed by atoms with Gasteiger partial charge >= 0.3 is 12.1 Å². The van der Waals surface area contributed by atoms with Crippen molar-refractivity contribution in [2.45, 2.75) is 25.6 Å². The van der Waals surface area contributed by atoms with Gasteiger partial charge in [-0.1, -0.05) is 35.0 Å². The summed E-state index contributed by atoms with van der Waals surface area (Å²) >= 11 is 5.78. The molecule has 0 saturated heterocycles. The van der Waals surface area contributed by atoms with E-state index in [-0.39, 0.29) is 23.2 Å². The van der Waals surface area contributed by atoms with Crippen molar-refractivity contribution in [2.75, 3.05) is 0 Å². The number of carbonyl (C=O) groups is 1. The summed E-state index contributed by atoms with van der Waals surface area (Å²) in [6, 6.07) is 7.83. The minimum atomic E-state index is -4.90. The number of nitrogens with zero attached hydrogens (tertiary/aromatic N) is 1. The number of halogens is 6. The van der Waals surface area contributed by atoms with E-state index in [4.69, 9.17) is 21.4 Å². The molecule has 0 aliphatic rings. The fraction of sp³-hybridized carbons (Fsp3) is 0.200. The number of hydrogen-bond acceptors (Lipinski definition) is 4. The molecule has 2 aromatic carbocycles. The van der Waals surface area contributed by atoms with Gasteiger partial charge in [0.25, 0.3) is 0 Å². The molecule has 164 valence electrons. The van der Waals surface area contributed by atoms with Crippen LogP contribution in [-0.2, 0) is 24.0 Å². The van der Waals surface area contributed by atoms with E-state index in [1.165, 1.54) is 24.3 Å². The van der Waals surface area contributed by atoms with Gasteiger partial charge in [0, 0.05) is 17.0 Å². The maximum Gasteiger partial charge on any atom is 0.452 e. The second kappa shape index (κ2) is 8.93. The highest BCUT2D eigenvalue weighted by molar-refractivity contribution is 6.30. The Morgan fingerprint density at radius 3 is 2.39 bits per heavy atom. The summed E-state index contributed by atoms with van der Waals surface area (Å²) in [4.78, 5) is 10.6. The van der Waals surface area contributed by atoms with Gasteiger partial charge < -0.3 is 14.4 Å². The highest BCUT2D eigenvalue weighted by Gasteiger charge is 2.40. The highest BCUT2D eigenvalue weighted by Crippen LogP contribution is 2.38. The van der Waals surface area contributed by atoms with Crippen molar-refractivity contribution in [3.63, 3.8) is 0 Å². The summed E-state index contributed by atoms with van der Waals surface area (Å²) in [6.07, 6.45) is -5.58. The van der Waals surface area contributed by atoms with Gasteiger partial charge in [0.15, 0.2) is 11.6 Å². The van der Waals surface area contributed by atoms with Gasteiger partial charge in [-0.3, -0.25) is 4.79 Å². The Bertz CT molecular complexity index is 1100. The summed E-state index contributed by atoms with van der Waals surface area (Å²) < 4.78 is 78.0. The fourth-order valence-electron chi connectivity index (χ4n) is 2.77. The zero-order valence-electron chi connectivity index (χ0n) is 15.5. The second-order valence-corrected chi connectivity index (χ2v) is 6.81. The Labute approximate surface area is 177 Å². The number of ether oxygens (including phenoxy) is 1. The van der Waals surface area contributed by atoms with Gasteiger partial charge in [0.05, 0.1) is 5.56 Å². The van der Waals surface area contributed by atoms with Crippen molar-refractivity contribution in [3.8, 4) is 17.0 Å². The molecule has 1 heterocycles. The van der Waals surface area contributed by atoms with Crippen molar-refractivity contribution >= 4 is 17.6 Å². The van der Waals surface area contributed by atoms with Gasteiger partial charge in [0.1, 0.15) is 12.3 Å². The van der Waals surface area contributed by atoms with Gasteiger partial charge in [-0.2, -0.15) is 17.6 Å². The average Bonchev–Trinajstić information content (AvgIpc) is 3.13. The van der Waals surface area contributed by atoms with E-state index in [0.717, 1.165) is 12.1 Å². The predicted molar refractivity (Wildman–Crippen MR) is 98.6 cm³/mol. The number of carboxylic acids is 1. The lowest BCUT2D eigenvalue weighted by Crippen LogP contribution is -2.10. The minimum absolute atomic E-state index is 0.192. The van der Waals surface area contributed by atoms with E-state index >= 15 is 0 Å². The van der Waals surface area contributed by atoms with E-state index in [1.807, 2.05) is 0 Å². The SMILES string of the molecule is O=C(O)CCc1ccc(OCc2c(-c3ccc(Cl)cc3)noc2C(F)(F)F)c(F)c1F. The highest BCUT2D eigenvalue weighted by atomic mass is 35.5. The molecule has 0 saturated carbocycles. The van der Waals surface area contributed by atoms with E-state index in [9.17, 15) is 26.7 Å². The number of benzene rings is 2. The molecule has 0 aliphatic carbocycles. The molecule has 3 rings (SSSR count). The number of hydrogen-bond donors (Lipinski definition) is 1. The van der Waals surface area contributed by atoms with Crippen molar-refractivity contribution in [1.82, 2.24) is 5.16 Å². The molecule has 5 nitrogen and oxygen atoms in total. The van der Waals surface area contributed by atoms with Crippen molar-refractivity contribution in [1.29, 1.82) is 0 Å². The summed E-state index contributed by atoms with van der Waals surface area (Å²) in [7, 11) is 0. The van der Waals surface area contributed by atoms with E-state index in [0.29, 0.717) is 5.02 Å². The molecule has 0 aliphatic heterocycles. The van der Waals surface area contributed by atoms with Gasteiger partial charge in [-0.25, -0.2) is 4.39 Å². The monoisotopic (exact) mass is 461 g/mol. The number of rotatable bonds is 7. The van der Waals surface area contributed by atoms with Crippen LogP contribution in [0.2, 0.25) is 5.02 Å². The second-order valence-electron chi connectivity index (χ2n) is 6.38. The first-order valence-corrected chi connectivity index (χ1v) is 9.09. The summed E-state index contributed by atoms with van der Waals surface area (Å²) in [5.41, 5.74) is -0.652. The van der Waals surface area contributed by atoms with Crippen LogP contribution < -0.4 is 4.74 Å². The molecule has 0 fully saturated rings. The smallest absolute Gasteiger partial charge is 0.452 e. The van der Waals surface area contributed by atoms with Crippen LogP contribution in [0.3, 0.4) is 0 Å². The molecule has 0 spiro atoms. The third-order valence-electron chi connectivity index (χ3n) is 4.27. The maximum atomic E-state index is 14.3. The van der Waals surface area contributed by atoms with Crippen LogP contribution in [0.25, 0.3) is 11.3 Å². The lowest BCUT2D eigenvalue weighted by atomic mass is 10.1. The van der Waals surface area contributed by atoms with Gasteiger partial charge in [0.2, 0.25) is 11.6 Å². The minimum Gasteiger partial charge on any atom is -0.485 e. The molecular weight excluding hydrogens is 449 g/mol. The van der Waals surface area contributed by atoms with Crippen LogP contribution in [0.15, 0.2) is 40.9 Å². The Hall–Kier alpha value is -3.14. The summed E-state index contributed by atoms with van der Waals surface area (Å²) in [6.45, 7) is -0.818. The third-order valence-corrected chi connectivity index (χ3v) is 4.52. The Kier molecular flexibility index (Phi) is 6.49. The molecule has 1 N–H and O–H groups in total. The first-order chi connectivity index (χ1) is 14.6. The van der Waals surface area contributed by atoms with Crippen molar-refractivity contribution < 1.29 is 41.1 Å². The molecule has 0 atom stereocenters. The summed E-state index contributed by atoms with van der Waals surface area (Å²) in [5.74, 6) is -6.05. The van der Waals surface area contributed by atoms with Crippen LogP contribution in [-0.4, -0.2) is 16.2 Å². The largest absolute Gasteiger partial charge is 0.485 e. The predicted octanol–water partition coefficient (Wildman–Crippen LogP) is 5.89. The Morgan fingerprint density at radius 1 is 1.10 bits per heavy atom. The molecule has 0 amide bonds. The van der Waals surface area contributed by atoms with Crippen LogP contribution in [0.4, 0.5) is 22.0 Å². The molecule has 0 bridgehead atoms. The fourth-order valence-corrected chi connectivity index (χ4v) is 2.89. The molecule has 0 radical (unpaired) electrons. The maximum absolute atomic E-state index is 14.3. The normalized spacial score (nSPS) is 11.5. The van der Waals surface area contributed by atoms with E-state index in [1.54, 1.807) is 0 Å². The quantitative estimate of drug-likeness (QED) is 0.444. The average molecular weight is 462 g/mol. The standard InChI is InChI=1S/C20H13ClF5NO4/c21-12-5-1-11(2-6-12)18-13(19(31-27-18)20(24,25)26)9-30-14-7-3-10(4-8-15(28)29)16(22)17(14)23/h1-3,5-7H,4,8-9H2,(H,28,29). The van der Waals surface area contributed by atoms with E-state index < -0.39 is 53.9 Å². The van der Waals surface area contributed by atoms with Crippen LogP contribution in [0, 0.1) is 11.6 Å². The molecule has 11 heteroatoms. The van der Waals surface area contributed by atoms with Gasteiger partial charge in [-0.05, 0) is 30.2 Å². The lowest BCUT2D eigenvalue weighted by Gasteiger charge is -2.11. The zero-order chi connectivity index (χ0) is 22.8. The zero-order valence-corrected chi connectivity index (χ0v) is 16.2. The number of aryl methyl sites for hydroxylation is 1. The Balaban J connectivity index is 1.90. The third kappa shape index (κ3) is 5.13. The number of aliphatic carboxylic acids is 1. The van der Waals surface area contributed by atoms with Gasteiger partial charge in [-0.15, -0.1) is 0 Å². The number of carboxylic acid groups (broad SMARTS) is 1. The molecule has 0 unspecified atom stereocenters. The van der Waals surface area contributed by atoms with Crippen LogP contribution in [0.5, 0.6) is 5.75 Å².